The first-order chi connectivity index (χ1) is 13.5. The van der Waals surface area contributed by atoms with E-state index >= 15 is 0 Å². The Balaban J connectivity index is 1.89. The molecule has 2 amide bonds. The van der Waals surface area contributed by atoms with Crippen molar-refractivity contribution in [2.45, 2.75) is 57.6 Å². The Labute approximate surface area is 165 Å². The number of allylic oxidation sites excluding steroid dienone is 1. The molecule has 1 aromatic carbocycles. The first-order valence-electron chi connectivity index (χ1n) is 9.74. The number of methoxy groups -OCH3 is 2. The fraction of sp³-hybridized carbons (Fsp3) is 0.524. The number of amides is 2. The molecule has 0 radical (unpaired) electrons. The van der Waals surface area contributed by atoms with Gasteiger partial charge in [0.1, 0.15) is 6.10 Å². The Kier molecular flexibility index (Phi) is 6.44. The minimum atomic E-state index is -0.619. The Morgan fingerprint density at radius 3 is 2.36 bits per heavy atom. The van der Waals surface area contributed by atoms with Crippen molar-refractivity contribution >= 4 is 12.0 Å². The Morgan fingerprint density at radius 1 is 1.04 bits per heavy atom. The quantitative estimate of drug-likeness (QED) is 0.595. The van der Waals surface area contributed by atoms with Crippen molar-refractivity contribution in [3.05, 3.63) is 35.0 Å². The van der Waals surface area contributed by atoms with Crippen molar-refractivity contribution in [1.82, 2.24) is 10.6 Å². The molecule has 1 heterocycles. The first-order valence-corrected chi connectivity index (χ1v) is 9.74. The maximum absolute atomic E-state index is 13.0. The molecule has 1 fully saturated rings. The van der Waals surface area contributed by atoms with Gasteiger partial charge in [0.2, 0.25) is 0 Å². The summed E-state index contributed by atoms with van der Waals surface area (Å²) in [5.74, 6) is 0.716. The van der Waals surface area contributed by atoms with Crippen molar-refractivity contribution in [1.29, 1.82) is 0 Å². The number of ether oxygens (including phenoxy) is 3. The molecule has 7 heteroatoms. The molecule has 1 aromatic rings. The zero-order valence-corrected chi connectivity index (χ0v) is 16.7. The topological polar surface area (TPSA) is 85.9 Å². The maximum Gasteiger partial charge on any atom is 0.338 e. The van der Waals surface area contributed by atoms with Crippen LogP contribution in [-0.4, -0.2) is 32.3 Å². The summed E-state index contributed by atoms with van der Waals surface area (Å²) < 4.78 is 16.5. The molecule has 0 bridgehead atoms. The van der Waals surface area contributed by atoms with E-state index in [0.29, 0.717) is 22.8 Å². The summed E-state index contributed by atoms with van der Waals surface area (Å²) in [6.45, 7) is 1.72. The average molecular weight is 388 g/mol. The molecule has 152 valence electrons. The second-order valence-electron chi connectivity index (χ2n) is 7.20. The van der Waals surface area contributed by atoms with Crippen LogP contribution in [0.15, 0.2) is 29.5 Å². The standard InChI is InChI=1S/C21H28N2O5/c1-13-18(20(24)28-15-8-6-4-5-7-9-15)19(23-21(25)22-13)14-10-11-16(26-2)17(12-14)27-3/h10-12,15,19H,4-9H2,1-3H3,(H2,22,23,25)/t19-/m1/s1. The van der Waals surface area contributed by atoms with E-state index in [1.54, 1.807) is 33.3 Å². The smallest absolute Gasteiger partial charge is 0.338 e. The van der Waals surface area contributed by atoms with Crippen molar-refractivity contribution in [2.75, 3.05) is 14.2 Å². The van der Waals surface area contributed by atoms with Gasteiger partial charge in [-0.3, -0.25) is 0 Å². The third-order valence-corrected chi connectivity index (χ3v) is 5.31. The summed E-state index contributed by atoms with van der Waals surface area (Å²) in [5.41, 5.74) is 1.64. The van der Waals surface area contributed by atoms with Crippen LogP contribution < -0.4 is 20.1 Å². The summed E-state index contributed by atoms with van der Waals surface area (Å²) in [7, 11) is 3.11. The second-order valence-corrected chi connectivity index (χ2v) is 7.20. The first kappa shape index (κ1) is 20.0. The van der Waals surface area contributed by atoms with E-state index in [1.807, 2.05) is 6.07 Å². The molecule has 2 aliphatic rings. The minimum Gasteiger partial charge on any atom is -0.493 e. The Morgan fingerprint density at radius 2 is 1.71 bits per heavy atom. The molecular formula is C21H28N2O5. The molecule has 2 N–H and O–H groups in total. The lowest BCUT2D eigenvalue weighted by atomic mass is 9.95. The predicted molar refractivity (Wildman–Crippen MR) is 104 cm³/mol. The molecule has 1 aliphatic carbocycles. The fourth-order valence-electron chi connectivity index (χ4n) is 3.82. The van der Waals surface area contributed by atoms with Gasteiger partial charge in [0.05, 0.1) is 25.8 Å². The molecule has 0 unspecified atom stereocenters. The maximum atomic E-state index is 13.0. The van der Waals surface area contributed by atoms with Crippen LogP contribution in [0, 0.1) is 0 Å². The van der Waals surface area contributed by atoms with E-state index in [4.69, 9.17) is 14.2 Å². The second kappa shape index (κ2) is 8.99. The van der Waals surface area contributed by atoms with Gasteiger partial charge in [-0.2, -0.15) is 0 Å². The molecule has 0 saturated heterocycles. The molecule has 1 saturated carbocycles. The van der Waals surface area contributed by atoms with Gasteiger partial charge in [0.25, 0.3) is 0 Å². The number of urea groups is 1. The van der Waals surface area contributed by atoms with Crippen LogP contribution in [0.3, 0.4) is 0 Å². The lowest BCUT2D eigenvalue weighted by molar-refractivity contribution is -0.145. The van der Waals surface area contributed by atoms with E-state index in [1.165, 1.54) is 12.8 Å². The van der Waals surface area contributed by atoms with Crippen LogP contribution in [0.1, 0.15) is 57.1 Å². The fourth-order valence-corrected chi connectivity index (χ4v) is 3.82. The Bertz CT molecular complexity index is 766. The lowest BCUT2D eigenvalue weighted by Crippen LogP contribution is -2.45. The van der Waals surface area contributed by atoms with Crippen LogP contribution in [0.25, 0.3) is 0 Å². The highest BCUT2D eigenvalue weighted by Crippen LogP contribution is 2.35. The van der Waals surface area contributed by atoms with Gasteiger partial charge in [0.15, 0.2) is 11.5 Å². The number of rotatable bonds is 5. The molecule has 1 atom stereocenters. The normalized spacial score (nSPS) is 20.7. The van der Waals surface area contributed by atoms with Crippen LogP contribution in [0.2, 0.25) is 0 Å². The van der Waals surface area contributed by atoms with Crippen LogP contribution in [0.4, 0.5) is 4.79 Å². The van der Waals surface area contributed by atoms with Gasteiger partial charge in [-0.25, -0.2) is 9.59 Å². The number of hydrogen-bond acceptors (Lipinski definition) is 5. The van der Waals surface area contributed by atoms with E-state index in [9.17, 15) is 9.59 Å². The zero-order chi connectivity index (χ0) is 20.1. The minimum absolute atomic E-state index is 0.0704. The number of benzene rings is 1. The van der Waals surface area contributed by atoms with Crippen molar-refractivity contribution in [3.63, 3.8) is 0 Å². The number of carbonyl (C=O) groups is 2. The van der Waals surface area contributed by atoms with Gasteiger partial charge in [-0.1, -0.05) is 18.9 Å². The zero-order valence-electron chi connectivity index (χ0n) is 16.7. The number of hydrogen-bond donors (Lipinski definition) is 2. The molecule has 3 rings (SSSR count). The van der Waals surface area contributed by atoms with E-state index in [0.717, 1.165) is 31.2 Å². The molecule has 28 heavy (non-hydrogen) atoms. The summed E-state index contributed by atoms with van der Waals surface area (Å²) >= 11 is 0. The molecule has 1 aliphatic heterocycles. The highest BCUT2D eigenvalue weighted by molar-refractivity contribution is 5.95. The number of carbonyl (C=O) groups excluding carboxylic acids is 2. The monoisotopic (exact) mass is 388 g/mol. The van der Waals surface area contributed by atoms with Crippen molar-refractivity contribution in [2.24, 2.45) is 0 Å². The summed E-state index contributed by atoms with van der Waals surface area (Å²) in [6.07, 6.45) is 6.22. The molecule has 7 nitrogen and oxygen atoms in total. The average Bonchev–Trinajstić information content (AvgIpc) is 2.95. The van der Waals surface area contributed by atoms with Gasteiger partial charge in [-0.05, 0) is 50.3 Å². The van der Waals surface area contributed by atoms with Gasteiger partial charge in [0, 0.05) is 5.70 Å². The largest absolute Gasteiger partial charge is 0.493 e. The molecule has 0 spiro atoms. The van der Waals surface area contributed by atoms with Crippen molar-refractivity contribution < 1.29 is 23.8 Å². The van der Waals surface area contributed by atoms with Gasteiger partial charge in [-0.15, -0.1) is 0 Å². The third-order valence-electron chi connectivity index (χ3n) is 5.31. The summed E-state index contributed by atoms with van der Waals surface area (Å²) in [6, 6.07) is 4.35. The number of esters is 1. The van der Waals surface area contributed by atoms with Crippen LogP contribution in [-0.2, 0) is 9.53 Å². The van der Waals surface area contributed by atoms with Gasteiger partial charge < -0.3 is 24.8 Å². The predicted octanol–water partition coefficient (Wildman–Crippen LogP) is 3.60. The summed E-state index contributed by atoms with van der Waals surface area (Å²) in [5, 5.41) is 5.51. The van der Waals surface area contributed by atoms with E-state index in [-0.39, 0.29) is 12.1 Å². The third kappa shape index (κ3) is 4.40. The van der Waals surface area contributed by atoms with Gasteiger partial charge >= 0.3 is 12.0 Å². The highest BCUT2D eigenvalue weighted by atomic mass is 16.5. The number of nitrogens with one attached hydrogen (secondary N) is 2. The lowest BCUT2D eigenvalue weighted by Gasteiger charge is -2.29. The van der Waals surface area contributed by atoms with Crippen molar-refractivity contribution in [3.8, 4) is 11.5 Å². The molecular weight excluding hydrogens is 360 g/mol. The van der Waals surface area contributed by atoms with E-state index in [2.05, 4.69) is 10.6 Å². The van der Waals surface area contributed by atoms with Crippen LogP contribution in [0.5, 0.6) is 11.5 Å². The molecule has 0 aromatic heterocycles. The SMILES string of the molecule is COc1ccc([C@H]2NC(=O)NC(C)=C2C(=O)OC2CCCCCC2)cc1OC. The Hall–Kier alpha value is -2.70. The van der Waals surface area contributed by atoms with Crippen LogP contribution >= 0.6 is 0 Å². The van der Waals surface area contributed by atoms with E-state index < -0.39 is 12.0 Å². The summed E-state index contributed by atoms with van der Waals surface area (Å²) in [4.78, 5) is 25.1. The highest BCUT2D eigenvalue weighted by Gasteiger charge is 2.34.